The van der Waals surface area contributed by atoms with Crippen molar-refractivity contribution >= 4 is 5.91 Å². The van der Waals surface area contributed by atoms with Gasteiger partial charge in [0.05, 0.1) is 6.54 Å². The van der Waals surface area contributed by atoms with Gasteiger partial charge in [0, 0.05) is 12.1 Å². The molecule has 0 aliphatic heterocycles. The second kappa shape index (κ2) is 6.20. The van der Waals surface area contributed by atoms with Crippen molar-refractivity contribution in [1.82, 2.24) is 10.6 Å². The Hall–Kier alpha value is -1.35. The van der Waals surface area contributed by atoms with Gasteiger partial charge in [0.2, 0.25) is 5.91 Å². The summed E-state index contributed by atoms with van der Waals surface area (Å²) < 4.78 is 0. The minimum atomic E-state index is -0.172. The molecule has 0 radical (unpaired) electrons. The average molecular weight is 262 g/mol. The molecule has 0 aromatic heterocycles. The highest BCUT2D eigenvalue weighted by molar-refractivity contribution is 5.78. The summed E-state index contributed by atoms with van der Waals surface area (Å²) in [5, 5.41) is 6.16. The Kier molecular flexibility index (Phi) is 5.12. The van der Waals surface area contributed by atoms with Crippen LogP contribution in [0.3, 0.4) is 0 Å². The number of nitrogens with one attached hydrogen (secondary N) is 2. The lowest BCUT2D eigenvalue weighted by Gasteiger charge is -2.20. The molecule has 0 fully saturated rings. The molecule has 0 unspecified atom stereocenters. The van der Waals surface area contributed by atoms with Crippen molar-refractivity contribution in [3.63, 3.8) is 0 Å². The van der Waals surface area contributed by atoms with Crippen LogP contribution in [0.1, 0.15) is 43.0 Å². The summed E-state index contributed by atoms with van der Waals surface area (Å²) in [4.78, 5) is 11.7. The number of aryl methyl sites for hydroxylation is 3. The third-order valence-electron chi connectivity index (χ3n) is 2.94. The summed E-state index contributed by atoms with van der Waals surface area (Å²) in [5.74, 6) is 0.0370. The second-order valence-electron chi connectivity index (χ2n) is 6.28. The predicted octanol–water partition coefficient (Wildman–Crippen LogP) is 2.62. The highest BCUT2D eigenvalue weighted by Crippen LogP contribution is 2.15. The minimum Gasteiger partial charge on any atom is -0.350 e. The molecule has 0 aliphatic carbocycles. The molecule has 0 bridgehead atoms. The Labute approximate surface area is 116 Å². The lowest BCUT2D eigenvalue weighted by Crippen LogP contribution is -2.44. The van der Waals surface area contributed by atoms with Crippen LogP contribution in [0.25, 0.3) is 0 Å². The van der Waals surface area contributed by atoms with E-state index in [4.69, 9.17) is 0 Å². The summed E-state index contributed by atoms with van der Waals surface area (Å²) in [7, 11) is 0. The molecule has 1 aromatic carbocycles. The average Bonchev–Trinajstić information content (AvgIpc) is 2.19. The van der Waals surface area contributed by atoms with Crippen LogP contribution in [0, 0.1) is 20.8 Å². The Morgan fingerprint density at radius 2 is 1.63 bits per heavy atom. The van der Waals surface area contributed by atoms with Gasteiger partial charge in [0.15, 0.2) is 0 Å². The molecule has 3 nitrogen and oxygen atoms in total. The monoisotopic (exact) mass is 262 g/mol. The smallest absolute Gasteiger partial charge is 0.234 e. The van der Waals surface area contributed by atoms with Gasteiger partial charge < -0.3 is 10.6 Å². The molecule has 0 saturated carbocycles. The van der Waals surface area contributed by atoms with Gasteiger partial charge in [0.1, 0.15) is 0 Å². The number of benzene rings is 1. The van der Waals surface area contributed by atoms with Crippen LogP contribution in [-0.4, -0.2) is 18.0 Å². The quantitative estimate of drug-likeness (QED) is 0.876. The summed E-state index contributed by atoms with van der Waals surface area (Å²) in [6.45, 7) is 13.4. The third-order valence-corrected chi connectivity index (χ3v) is 2.94. The maximum atomic E-state index is 11.7. The number of hydrogen-bond donors (Lipinski definition) is 2. The first-order valence-corrected chi connectivity index (χ1v) is 6.77. The molecule has 3 heteroatoms. The number of amides is 1. The van der Waals surface area contributed by atoms with E-state index in [1.54, 1.807) is 0 Å². The van der Waals surface area contributed by atoms with E-state index in [9.17, 15) is 4.79 Å². The molecule has 0 spiro atoms. The molecular formula is C16H26N2O. The first kappa shape index (κ1) is 15.7. The van der Waals surface area contributed by atoms with Crippen LogP contribution in [0.2, 0.25) is 0 Å². The van der Waals surface area contributed by atoms with Gasteiger partial charge in [0.25, 0.3) is 0 Å². The van der Waals surface area contributed by atoms with Crippen molar-refractivity contribution in [3.05, 3.63) is 34.4 Å². The van der Waals surface area contributed by atoms with Crippen LogP contribution >= 0.6 is 0 Å². The first-order valence-electron chi connectivity index (χ1n) is 6.77. The molecule has 2 N–H and O–H groups in total. The van der Waals surface area contributed by atoms with Crippen LogP contribution in [0.4, 0.5) is 0 Å². The van der Waals surface area contributed by atoms with Gasteiger partial charge in [-0.1, -0.05) is 17.7 Å². The lowest BCUT2D eigenvalue weighted by atomic mass is 10.00. The SMILES string of the molecule is Cc1cc(C)c(CNCC(=O)NC(C)(C)C)c(C)c1. The van der Waals surface area contributed by atoms with Crippen molar-refractivity contribution in [3.8, 4) is 0 Å². The third kappa shape index (κ3) is 5.43. The maximum absolute atomic E-state index is 11.7. The Morgan fingerprint density at radius 3 is 2.11 bits per heavy atom. The van der Waals surface area contributed by atoms with Gasteiger partial charge in [-0.25, -0.2) is 0 Å². The maximum Gasteiger partial charge on any atom is 0.234 e. The normalized spacial score (nSPS) is 11.5. The van der Waals surface area contributed by atoms with Gasteiger partial charge in [-0.2, -0.15) is 0 Å². The van der Waals surface area contributed by atoms with Gasteiger partial charge in [-0.05, 0) is 58.2 Å². The number of rotatable bonds is 4. The van der Waals surface area contributed by atoms with Crippen molar-refractivity contribution in [2.24, 2.45) is 0 Å². The molecular weight excluding hydrogens is 236 g/mol. The van der Waals surface area contributed by atoms with E-state index in [2.05, 4.69) is 43.5 Å². The zero-order valence-corrected chi connectivity index (χ0v) is 13.0. The number of carbonyl (C=O) groups is 1. The minimum absolute atomic E-state index is 0.0370. The summed E-state index contributed by atoms with van der Waals surface area (Å²) in [6, 6.07) is 4.36. The topological polar surface area (TPSA) is 41.1 Å². The van der Waals surface area contributed by atoms with Crippen molar-refractivity contribution < 1.29 is 4.79 Å². The van der Waals surface area contributed by atoms with E-state index in [0.29, 0.717) is 6.54 Å². The predicted molar refractivity (Wildman–Crippen MR) is 80.3 cm³/mol. The molecule has 0 heterocycles. The van der Waals surface area contributed by atoms with Crippen LogP contribution in [0.5, 0.6) is 0 Å². The zero-order chi connectivity index (χ0) is 14.6. The fraction of sp³-hybridized carbons (Fsp3) is 0.562. The van der Waals surface area contributed by atoms with Gasteiger partial charge >= 0.3 is 0 Å². The van der Waals surface area contributed by atoms with Crippen LogP contribution in [-0.2, 0) is 11.3 Å². The molecule has 0 saturated heterocycles. The largest absolute Gasteiger partial charge is 0.350 e. The Bertz CT molecular complexity index is 435. The molecule has 19 heavy (non-hydrogen) atoms. The van der Waals surface area contributed by atoms with E-state index in [1.807, 2.05) is 20.8 Å². The lowest BCUT2D eigenvalue weighted by molar-refractivity contribution is -0.121. The van der Waals surface area contributed by atoms with E-state index in [1.165, 1.54) is 22.3 Å². The van der Waals surface area contributed by atoms with E-state index in [-0.39, 0.29) is 11.4 Å². The van der Waals surface area contributed by atoms with Crippen LogP contribution < -0.4 is 10.6 Å². The highest BCUT2D eigenvalue weighted by atomic mass is 16.2. The fourth-order valence-electron chi connectivity index (χ4n) is 2.25. The van der Waals surface area contributed by atoms with Crippen molar-refractivity contribution in [2.75, 3.05) is 6.54 Å². The summed E-state index contributed by atoms with van der Waals surface area (Å²) in [5.41, 5.74) is 4.95. The van der Waals surface area contributed by atoms with Gasteiger partial charge in [-0.15, -0.1) is 0 Å². The molecule has 106 valence electrons. The van der Waals surface area contributed by atoms with E-state index in [0.717, 1.165) is 6.54 Å². The summed E-state index contributed by atoms with van der Waals surface area (Å²) >= 11 is 0. The van der Waals surface area contributed by atoms with Crippen molar-refractivity contribution in [1.29, 1.82) is 0 Å². The standard InChI is InChI=1S/C16H26N2O/c1-11-7-12(2)14(13(3)8-11)9-17-10-15(19)18-16(4,5)6/h7-8,17H,9-10H2,1-6H3,(H,18,19). The molecule has 1 rings (SSSR count). The number of carbonyl (C=O) groups excluding carboxylic acids is 1. The first-order chi connectivity index (χ1) is 8.69. The fourth-order valence-corrected chi connectivity index (χ4v) is 2.25. The highest BCUT2D eigenvalue weighted by Gasteiger charge is 2.13. The van der Waals surface area contributed by atoms with E-state index < -0.39 is 0 Å². The number of hydrogen-bond acceptors (Lipinski definition) is 2. The molecule has 1 aromatic rings. The van der Waals surface area contributed by atoms with Gasteiger partial charge in [-0.3, -0.25) is 4.79 Å². The summed E-state index contributed by atoms with van der Waals surface area (Å²) in [6.07, 6.45) is 0. The molecule has 0 aliphatic rings. The van der Waals surface area contributed by atoms with Crippen molar-refractivity contribution in [2.45, 2.75) is 53.6 Å². The molecule has 1 amide bonds. The molecule has 0 atom stereocenters. The van der Waals surface area contributed by atoms with E-state index >= 15 is 0 Å². The Morgan fingerprint density at radius 1 is 1.11 bits per heavy atom. The second-order valence-corrected chi connectivity index (χ2v) is 6.28. The zero-order valence-electron chi connectivity index (χ0n) is 13.0. The Balaban J connectivity index is 2.52. The van der Waals surface area contributed by atoms with Crippen LogP contribution in [0.15, 0.2) is 12.1 Å².